The summed E-state index contributed by atoms with van der Waals surface area (Å²) < 4.78 is 4.74. The molecule has 0 aliphatic carbocycles. The Morgan fingerprint density at radius 1 is 1.30 bits per heavy atom. The van der Waals surface area contributed by atoms with Crippen molar-refractivity contribution in [1.82, 2.24) is 4.98 Å². The number of hydrogen-bond acceptors (Lipinski definition) is 6. The number of methoxy groups -OCH3 is 1. The van der Waals surface area contributed by atoms with Crippen molar-refractivity contribution in [3.8, 4) is 0 Å². The molecule has 23 heavy (non-hydrogen) atoms. The minimum absolute atomic E-state index is 0.0925. The van der Waals surface area contributed by atoms with Crippen molar-refractivity contribution >= 4 is 28.2 Å². The quantitative estimate of drug-likeness (QED) is 0.492. The maximum absolute atomic E-state index is 11.9. The van der Waals surface area contributed by atoms with Crippen molar-refractivity contribution in [3.63, 3.8) is 0 Å². The molecule has 120 valence electrons. The van der Waals surface area contributed by atoms with E-state index in [0.29, 0.717) is 5.39 Å². The molecule has 0 amide bonds. The van der Waals surface area contributed by atoms with E-state index >= 15 is 0 Å². The van der Waals surface area contributed by atoms with Crippen LogP contribution in [-0.2, 0) is 4.74 Å². The lowest BCUT2D eigenvalue weighted by atomic mass is 10.1. The molecule has 1 fully saturated rings. The number of ether oxygens (including phenoxy) is 1. The monoisotopic (exact) mass is 315 g/mol. The summed E-state index contributed by atoms with van der Waals surface area (Å²) in [7, 11) is 1.27. The molecule has 0 N–H and O–H groups in total. The summed E-state index contributed by atoms with van der Waals surface area (Å²) in [4.78, 5) is 29.0. The SMILES string of the molecule is COC(=O)c1cc(N2CCCCC2)c2cccc([N+](=O)[O-])c2n1. The highest BCUT2D eigenvalue weighted by Crippen LogP contribution is 2.33. The number of hydrogen-bond donors (Lipinski definition) is 0. The lowest BCUT2D eigenvalue weighted by molar-refractivity contribution is -0.383. The molecular weight excluding hydrogens is 298 g/mol. The molecule has 1 aliphatic rings. The van der Waals surface area contributed by atoms with Gasteiger partial charge in [0, 0.05) is 30.2 Å². The highest BCUT2D eigenvalue weighted by molar-refractivity contribution is 6.01. The molecule has 7 heteroatoms. The Kier molecular flexibility index (Phi) is 4.10. The maximum atomic E-state index is 11.9. The van der Waals surface area contributed by atoms with Crippen LogP contribution in [0.5, 0.6) is 0 Å². The van der Waals surface area contributed by atoms with Gasteiger partial charge in [-0.15, -0.1) is 0 Å². The number of nitrogens with zero attached hydrogens (tertiary/aromatic N) is 3. The Morgan fingerprint density at radius 2 is 2.04 bits per heavy atom. The molecular formula is C16H17N3O4. The average Bonchev–Trinajstić information content (AvgIpc) is 2.60. The molecule has 0 atom stereocenters. The van der Waals surface area contributed by atoms with E-state index in [1.54, 1.807) is 18.2 Å². The first-order chi connectivity index (χ1) is 11.1. The molecule has 0 saturated carbocycles. The van der Waals surface area contributed by atoms with E-state index in [0.717, 1.165) is 31.6 Å². The fraction of sp³-hybridized carbons (Fsp3) is 0.375. The van der Waals surface area contributed by atoms with E-state index < -0.39 is 10.9 Å². The van der Waals surface area contributed by atoms with Crippen LogP contribution in [-0.4, -0.2) is 36.1 Å². The first-order valence-electron chi connectivity index (χ1n) is 7.53. The van der Waals surface area contributed by atoms with E-state index in [-0.39, 0.29) is 16.9 Å². The summed E-state index contributed by atoms with van der Waals surface area (Å²) in [5.74, 6) is -0.594. The Morgan fingerprint density at radius 3 is 2.70 bits per heavy atom. The average molecular weight is 315 g/mol. The van der Waals surface area contributed by atoms with Gasteiger partial charge in [0.25, 0.3) is 5.69 Å². The van der Waals surface area contributed by atoms with Crippen molar-refractivity contribution in [2.45, 2.75) is 19.3 Å². The number of fused-ring (bicyclic) bond motifs is 1. The van der Waals surface area contributed by atoms with E-state index in [1.807, 2.05) is 0 Å². The van der Waals surface area contributed by atoms with Gasteiger partial charge in [-0.25, -0.2) is 9.78 Å². The number of piperidine rings is 1. The Labute approximate surface area is 133 Å². The lowest BCUT2D eigenvalue weighted by Gasteiger charge is -2.30. The molecule has 1 aliphatic heterocycles. The predicted octanol–water partition coefficient (Wildman–Crippen LogP) is 2.92. The first-order valence-corrected chi connectivity index (χ1v) is 7.53. The van der Waals surface area contributed by atoms with E-state index in [1.165, 1.54) is 19.6 Å². The van der Waals surface area contributed by atoms with Crippen LogP contribution in [0.15, 0.2) is 24.3 Å². The third-order valence-corrected chi connectivity index (χ3v) is 4.08. The second-order valence-electron chi connectivity index (χ2n) is 5.50. The highest BCUT2D eigenvalue weighted by Gasteiger charge is 2.22. The van der Waals surface area contributed by atoms with Crippen LogP contribution in [0.1, 0.15) is 29.8 Å². The van der Waals surface area contributed by atoms with Crippen LogP contribution in [0.3, 0.4) is 0 Å². The summed E-state index contributed by atoms with van der Waals surface area (Å²) in [6.07, 6.45) is 3.29. The molecule has 2 heterocycles. The number of benzene rings is 1. The van der Waals surface area contributed by atoms with Crippen molar-refractivity contribution in [2.75, 3.05) is 25.1 Å². The lowest BCUT2D eigenvalue weighted by Crippen LogP contribution is -2.30. The zero-order valence-electron chi connectivity index (χ0n) is 12.8. The number of carbonyl (C=O) groups is 1. The van der Waals surface area contributed by atoms with Gasteiger partial charge in [-0.3, -0.25) is 10.1 Å². The highest BCUT2D eigenvalue weighted by atomic mass is 16.6. The minimum Gasteiger partial charge on any atom is -0.464 e. The van der Waals surface area contributed by atoms with Crippen LogP contribution >= 0.6 is 0 Å². The van der Waals surface area contributed by atoms with Crippen molar-refractivity contribution in [1.29, 1.82) is 0 Å². The second-order valence-corrected chi connectivity index (χ2v) is 5.50. The van der Waals surface area contributed by atoms with Gasteiger partial charge in [0.05, 0.1) is 12.0 Å². The maximum Gasteiger partial charge on any atom is 0.356 e. The molecule has 3 rings (SSSR count). The molecule has 0 unspecified atom stereocenters. The second kappa shape index (κ2) is 6.20. The number of nitro groups is 1. The number of pyridine rings is 1. The van der Waals surface area contributed by atoms with Gasteiger partial charge in [0.15, 0.2) is 11.2 Å². The molecule has 0 bridgehead atoms. The van der Waals surface area contributed by atoms with Crippen LogP contribution in [0, 0.1) is 10.1 Å². The van der Waals surface area contributed by atoms with Crippen molar-refractivity contribution in [2.24, 2.45) is 0 Å². The van der Waals surface area contributed by atoms with Crippen LogP contribution in [0.2, 0.25) is 0 Å². The van der Waals surface area contributed by atoms with Gasteiger partial charge >= 0.3 is 5.97 Å². The van der Waals surface area contributed by atoms with Crippen LogP contribution < -0.4 is 4.90 Å². The summed E-state index contributed by atoms with van der Waals surface area (Å²) >= 11 is 0. The molecule has 0 spiro atoms. The number of aromatic nitrogens is 1. The fourth-order valence-corrected chi connectivity index (χ4v) is 2.97. The van der Waals surface area contributed by atoms with E-state index in [4.69, 9.17) is 4.74 Å². The molecule has 0 radical (unpaired) electrons. The molecule has 1 aromatic carbocycles. The predicted molar refractivity (Wildman–Crippen MR) is 85.8 cm³/mol. The van der Waals surface area contributed by atoms with Crippen LogP contribution in [0.4, 0.5) is 11.4 Å². The number of non-ortho nitro benzene ring substituents is 1. The first kappa shape index (κ1) is 15.2. The third-order valence-electron chi connectivity index (χ3n) is 4.08. The number of esters is 1. The number of nitro benzene ring substituents is 1. The topological polar surface area (TPSA) is 85.6 Å². The van der Waals surface area contributed by atoms with Gasteiger partial charge in [0.1, 0.15) is 0 Å². The Balaban J connectivity index is 2.25. The number of rotatable bonds is 3. The Hall–Kier alpha value is -2.70. The molecule has 1 aromatic heterocycles. The zero-order chi connectivity index (χ0) is 16.4. The summed E-state index contributed by atoms with van der Waals surface area (Å²) in [5, 5.41) is 12.0. The number of para-hydroxylation sites is 1. The fourth-order valence-electron chi connectivity index (χ4n) is 2.97. The standard InChI is InChI=1S/C16H17N3O4/c1-23-16(20)12-10-14(18-8-3-2-4-9-18)11-6-5-7-13(19(21)22)15(11)17-12/h5-7,10H,2-4,8-9H2,1H3. The normalized spacial score (nSPS) is 14.7. The van der Waals surface area contributed by atoms with Crippen molar-refractivity contribution in [3.05, 3.63) is 40.1 Å². The largest absolute Gasteiger partial charge is 0.464 e. The summed E-state index contributed by atoms with van der Waals surface area (Å²) in [5.41, 5.74) is 1.01. The van der Waals surface area contributed by atoms with Gasteiger partial charge in [-0.05, 0) is 25.3 Å². The van der Waals surface area contributed by atoms with Gasteiger partial charge < -0.3 is 9.64 Å². The summed E-state index contributed by atoms with van der Waals surface area (Å²) in [6, 6.07) is 6.52. The number of anilines is 1. The third kappa shape index (κ3) is 2.81. The zero-order valence-corrected chi connectivity index (χ0v) is 12.8. The Bertz CT molecular complexity index is 769. The van der Waals surface area contributed by atoms with Gasteiger partial charge in [-0.2, -0.15) is 0 Å². The summed E-state index contributed by atoms with van der Waals surface area (Å²) in [6.45, 7) is 1.73. The van der Waals surface area contributed by atoms with Crippen LogP contribution in [0.25, 0.3) is 10.9 Å². The van der Waals surface area contributed by atoms with Gasteiger partial charge in [0.2, 0.25) is 0 Å². The minimum atomic E-state index is -0.594. The molecule has 7 nitrogen and oxygen atoms in total. The number of carbonyl (C=O) groups excluding carboxylic acids is 1. The molecule has 1 saturated heterocycles. The van der Waals surface area contributed by atoms with Crippen molar-refractivity contribution < 1.29 is 14.5 Å². The van der Waals surface area contributed by atoms with Gasteiger partial charge in [-0.1, -0.05) is 12.1 Å². The smallest absolute Gasteiger partial charge is 0.356 e. The van der Waals surface area contributed by atoms with E-state index in [9.17, 15) is 14.9 Å². The van der Waals surface area contributed by atoms with E-state index in [2.05, 4.69) is 9.88 Å². The molecule has 2 aromatic rings.